The van der Waals surface area contributed by atoms with Gasteiger partial charge in [0.2, 0.25) is 0 Å². The first-order valence-corrected chi connectivity index (χ1v) is 10.9. The van der Waals surface area contributed by atoms with E-state index in [4.69, 9.17) is 0 Å². The molecule has 3 aromatic heterocycles. The second-order valence-corrected chi connectivity index (χ2v) is 8.43. The third-order valence-corrected chi connectivity index (χ3v) is 5.70. The zero-order valence-corrected chi connectivity index (χ0v) is 18.8. The van der Waals surface area contributed by atoms with Crippen LogP contribution in [0, 0.1) is 0 Å². The first-order valence-electron chi connectivity index (χ1n) is 10.9. The average Bonchev–Trinajstić information content (AvgIpc) is 3.58. The van der Waals surface area contributed by atoms with Gasteiger partial charge in [-0.3, -0.25) is 9.48 Å². The number of imidazole rings is 1. The molecule has 10 heteroatoms. The molecule has 2 N–H and O–H groups in total. The number of amides is 1. The highest BCUT2D eigenvalue weighted by Crippen LogP contribution is 2.31. The smallest absolute Gasteiger partial charge is 0.359 e. The number of nitrogens with one attached hydrogen (secondary N) is 2. The van der Waals surface area contributed by atoms with Crippen molar-refractivity contribution in [2.24, 2.45) is 0 Å². The number of fused-ring (bicyclic) bond motifs is 1. The van der Waals surface area contributed by atoms with Gasteiger partial charge in [0.25, 0.3) is 5.91 Å². The summed E-state index contributed by atoms with van der Waals surface area (Å²) < 4.78 is 41.8. The van der Waals surface area contributed by atoms with Crippen LogP contribution in [0.25, 0.3) is 27.7 Å². The number of benzene rings is 2. The standard InChI is InChI=1S/C25H21F3N6O/c1-15(2)34-12-17(10-31-34)16-3-8-21-20(9-16)22(11-29-21)32-24(35)23-13-33(14-30-23)19-6-4-18(5-7-19)25(26,27)28/h3-15,29H,1-2H3,(H,32,35). The number of aromatic amines is 1. The summed E-state index contributed by atoms with van der Waals surface area (Å²) in [5.74, 6) is -0.436. The molecule has 0 bridgehead atoms. The lowest BCUT2D eigenvalue weighted by Gasteiger charge is -2.07. The third kappa shape index (κ3) is 4.42. The summed E-state index contributed by atoms with van der Waals surface area (Å²) in [4.78, 5) is 20.1. The minimum absolute atomic E-state index is 0.133. The number of hydrogen-bond acceptors (Lipinski definition) is 3. The lowest BCUT2D eigenvalue weighted by molar-refractivity contribution is -0.137. The molecule has 1 amide bonds. The number of nitrogens with zero attached hydrogens (tertiary/aromatic N) is 4. The molecule has 0 unspecified atom stereocenters. The van der Waals surface area contributed by atoms with Crippen molar-refractivity contribution in [3.8, 4) is 16.8 Å². The summed E-state index contributed by atoms with van der Waals surface area (Å²) in [6.45, 7) is 4.11. The third-order valence-electron chi connectivity index (χ3n) is 5.70. The number of hydrogen-bond donors (Lipinski definition) is 2. The number of carbonyl (C=O) groups is 1. The van der Waals surface area contributed by atoms with Gasteiger partial charge in [0.15, 0.2) is 0 Å². The van der Waals surface area contributed by atoms with Crippen LogP contribution in [0.5, 0.6) is 0 Å². The fraction of sp³-hybridized carbons (Fsp3) is 0.160. The molecule has 0 atom stereocenters. The van der Waals surface area contributed by atoms with Crippen LogP contribution in [0.4, 0.5) is 18.9 Å². The Labute approximate surface area is 198 Å². The minimum atomic E-state index is -4.41. The molecule has 178 valence electrons. The van der Waals surface area contributed by atoms with E-state index in [1.165, 1.54) is 29.2 Å². The summed E-state index contributed by atoms with van der Waals surface area (Å²) in [5.41, 5.74) is 3.23. The Morgan fingerprint density at radius 3 is 2.51 bits per heavy atom. The van der Waals surface area contributed by atoms with Crippen LogP contribution in [0.3, 0.4) is 0 Å². The van der Waals surface area contributed by atoms with Crippen molar-refractivity contribution in [2.45, 2.75) is 26.1 Å². The zero-order valence-electron chi connectivity index (χ0n) is 18.8. The van der Waals surface area contributed by atoms with Crippen molar-refractivity contribution in [1.82, 2.24) is 24.3 Å². The van der Waals surface area contributed by atoms with Crippen molar-refractivity contribution >= 4 is 22.5 Å². The highest BCUT2D eigenvalue weighted by Gasteiger charge is 2.30. The monoisotopic (exact) mass is 478 g/mol. The Morgan fingerprint density at radius 2 is 1.83 bits per heavy atom. The molecule has 0 spiro atoms. The molecule has 2 aromatic carbocycles. The first kappa shape index (κ1) is 22.5. The maximum atomic E-state index is 12.9. The number of alkyl halides is 3. The van der Waals surface area contributed by atoms with Crippen LogP contribution in [0.15, 0.2) is 73.6 Å². The average molecular weight is 478 g/mol. The first-order chi connectivity index (χ1) is 16.7. The predicted molar refractivity (Wildman–Crippen MR) is 126 cm³/mol. The van der Waals surface area contributed by atoms with Crippen LogP contribution in [0.2, 0.25) is 0 Å². The fourth-order valence-electron chi connectivity index (χ4n) is 3.76. The fourth-order valence-corrected chi connectivity index (χ4v) is 3.76. The van der Waals surface area contributed by atoms with E-state index in [-0.39, 0.29) is 11.7 Å². The van der Waals surface area contributed by atoms with Gasteiger partial charge in [-0.15, -0.1) is 0 Å². The number of anilines is 1. The largest absolute Gasteiger partial charge is 0.416 e. The SMILES string of the molecule is CC(C)n1cc(-c2ccc3[nH]cc(NC(=O)c4cn(-c5ccc(C(F)(F)F)cc5)cn4)c3c2)cn1. The molecule has 0 aliphatic carbocycles. The van der Waals surface area contributed by atoms with Gasteiger partial charge >= 0.3 is 6.18 Å². The highest BCUT2D eigenvalue weighted by molar-refractivity contribution is 6.08. The molecule has 5 rings (SSSR count). The van der Waals surface area contributed by atoms with Gasteiger partial charge < -0.3 is 14.9 Å². The zero-order chi connectivity index (χ0) is 24.7. The lowest BCUT2D eigenvalue weighted by atomic mass is 10.1. The van der Waals surface area contributed by atoms with Crippen LogP contribution in [0.1, 0.15) is 35.9 Å². The molecule has 5 aromatic rings. The molecule has 7 nitrogen and oxygen atoms in total. The van der Waals surface area contributed by atoms with Gasteiger partial charge in [0.05, 0.1) is 17.4 Å². The molecular formula is C25H21F3N6O. The number of rotatable bonds is 5. The molecular weight excluding hydrogens is 457 g/mol. The molecule has 0 aliphatic heterocycles. The van der Waals surface area contributed by atoms with Crippen LogP contribution in [-0.4, -0.2) is 30.2 Å². The van der Waals surface area contributed by atoms with E-state index in [1.54, 1.807) is 12.4 Å². The number of H-pyrrole nitrogens is 1. The molecule has 0 saturated heterocycles. The normalized spacial score (nSPS) is 11.9. The van der Waals surface area contributed by atoms with Gasteiger partial charge in [-0.1, -0.05) is 6.07 Å². The molecule has 0 aliphatic rings. The summed E-state index contributed by atoms with van der Waals surface area (Å²) in [5, 5.41) is 8.08. The maximum Gasteiger partial charge on any atom is 0.416 e. The van der Waals surface area contributed by atoms with E-state index in [1.807, 2.05) is 29.1 Å². The Bertz CT molecular complexity index is 1510. The minimum Gasteiger partial charge on any atom is -0.359 e. The van der Waals surface area contributed by atoms with Gasteiger partial charge in [0, 0.05) is 46.8 Å². The van der Waals surface area contributed by atoms with Crippen LogP contribution >= 0.6 is 0 Å². The van der Waals surface area contributed by atoms with Gasteiger partial charge in [-0.25, -0.2) is 4.98 Å². The Hall–Kier alpha value is -4.34. The number of carbonyl (C=O) groups excluding carboxylic acids is 1. The van der Waals surface area contributed by atoms with E-state index in [0.717, 1.165) is 34.2 Å². The Balaban J connectivity index is 1.37. The Morgan fingerprint density at radius 1 is 1.06 bits per heavy atom. The summed E-state index contributed by atoms with van der Waals surface area (Å²) in [6.07, 6.45) is 3.93. The van der Waals surface area contributed by atoms with E-state index in [0.29, 0.717) is 11.4 Å². The van der Waals surface area contributed by atoms with Crippen LogP contribution in [-0.2, 0) is 6.18 Å². The molecule has 35 heavy (non-hydrogen) atoms. The van der Waals surface area contributed by atoms with Gasteiger partial charge in [-0.05, 0) is 55.8 Å². The second-order valence-electron chi connectivity index (χ2n) is 8.43. The molecule has 0 fully saturated rings. The molecule has 0 saturated carbocycles. The van der Waals surface area contributed by atoms with E-state index in [9.17, 15) is 18.0 Å². The van der Waals surface area contributed by atoms with Crippen molar-refractivity contribution in [3.05, 3.63) is 84.8 Å². The number of aromatic nitrogens is 5. The predicted octanol–water partition coefficient (Wildman–Crippen LogP) is 6.07. The van der Waals surface area contributed by atoms with Crippen molar-refractivity contribution in [3.63, 3.8) is 0 Å². The second kappa shape index (κ2) is 8.46. The summed E-state index contributed by atoms with van der Waals surface area (Å²) >= 11 is 0. The van der Waals surface area contributed by atoms with Crippen LogP contribution < -0.4 is 5.32 Å². The van der Waals surface area contributed by atoms with E-state index >= 15 is 0 Å². The van der Waals surface area contributed by atoms with Gasteiger partial charge in [-0.2, -0.15) is 18.3 Å². The molecule has 0 radical (unpaired) electrons. The van der Waals surface area contributed by atoms with E-state index < -0.39 is 17.6 Å². The topological polar surface area (TPSA) is 80.5 Å². The van der Waals surface area contributed by atoms with Crippen molar-refractivity contribution in [1.29, 1.82) is 0 Å². The summed E-state index contributed by atoms with van der Waals surface area (Å²) in [7, 11) is 0. The highest BCUT2D eigenvalue weighted by atomic mass is 19.4. The van der Waals surface area contributed by atoms with Gasteiger partial charge in [0.1, 0.15) is 12.0 Å². The Kier molecular flexibility index (Phi) is 5.43. The van der Waals surface area contributed by atoms with Crippen molar-refractivity contribution in [2.75, 3.05) is 5.32 Å². The maximum absolute atomic E-state index is 12.9. The quantitative estimate of drug-likeness (QED) is 0.322. The van der Waals surface area contributed by atoms with E-state index in [2.05, 4.69) is 34.2 Å². The van der Waals surface area contributed by atoms with Crippen molar-refractivity contribution < 1.29 is 18.0 Å². The molecule has 3 heterocycles. The number of halogens is 3. The lowest BCUT2D eigenvalue weighted by Crippen LogP contribution is -2.12. The summed E-state index contributed by atoms with van der Waals surface area (Å²) in [6, 6.07) is 10.8.